The number of amides is 2. The molecule has 9 heteroatoms. The Hall–Kier alpha value is -2.42. The number of nitrogens with one attached hydrogen (secondary N) is 1. The predicted octanol–water partition coefficient (Wildman–Crippen LogP) is 3.29. The van der Waals surface area contributed by atoms with Crippen molar-refractivity contribution < 1.29 is 18.0 Å². The van der Waals surface area contributed by atoms with Gasteiger partial charge in [0.15, 0.2) is 0 Å². The van der Waals surface area contributed by atoms with E-state index >= 15 is 0 Å². The molecule has 1 heterocycles. The summed E-state index contributed by atoms with van der Waals surface area (Å²) in [5.74, 6) is -0.749. The molecule has 0 aliphatic carbocycles. The number of sulfonamides is 1. The van der Waals surface area contributed by atoms with Crippen LogP contribution in [0.5, 0.6) is 0 Å². The molecule has 2 aromatic carbocycles. The third-order valence-corrected chi connectivity index (χ3v) is 7.86. The number of carbonyl (C=O) groups excluding carboxylic acids is 2. The minimum absolute atomic E-state index is 0.0724. The minimum Gasteiger partial charge on any atom is -0.343 e. The van der Waals surface area contributed by atoms with E-state index in [1.54, 1.807) is 4.90 Å². The second-order valence-corrected chi connectivity index (χ2v) is 10.00. The van der Waals surface area contributed by atoms with Crippen LogP contribution in [0.15, 0.2) is 53.4 Å². The molecule has 0 radical (unpaired) electrons. The van der Waals surface area contributed by atoms with E-state index in [2.05, 4.69) is 5.32 Å². The van der Waals surface area contributed by atoms with Crippen LogP contribution in [0, 0.1) is 0 Å². The normalized spacial score (nSPS) is 14.7. The van der Waals surface area contributed by atoms with Crippen molar-refractivity contribution in [3.8, 4) is 0 Å². The molecule has 2 aromatic rings. The average Bonchev–Trinajstić information content (AvgIpc) is 2.82. The first-order chi connectivity index (χ1) is 15.3. The SMILES string of the molecule is CCN(Cc1ccccc1)C(=O)CNC(=O)c1ccc(Cl)c(S(=O)(=O)N2CCCCC2)c1. The van der Waals surface area contributed by atoms with Crippen molar-refractivity contribution in [3.05, 3.63) is 64.7 Å². The Morgan fingerprint density at radius 3 is 2.41 bits per heavy atom. The molecule has 1 fully saturated rings. The Bertz CT molecular complexity index is 1050. The number of hydrogen-bond acceptors (Lipinski definition) is 4. The van der Waals surface area contributed by atoms with E-state index in [0.29, 0.717) is 26.2 Å². The molecular weight excluding hydrogens is 450 g/mol. The zero-order valence-electron chi connectivity index (χ0n) is 18.1. The molecule has 2 amide bonds. The molecule has 0 aromatic heterocycles. The van der Waals surface area contributed by atoms with Crippen LogP contribution in [0.25, 0.3) is 0 Å². The van der Waals surface area contributed by atoms with Gasteiger partial charge in [-0.25, -0.2) is 8.42 Å². The number of likely N-dealkylation sites (N-methyl/N-ethyl adjacent to an activating group) is 1. The molecule has 7 nitrogen and oxygen atoms in total. The molecule has 0 atom stereocenters. The molecule has 0 unspecified atom stereocenters. The third-order valence-electron chi connectivity index (χ3n) is 5.48. The lowest BCUT2D eigenvalue weighted by atomic mass is 10.2. The largest absolute Gasteiger partial charge is 0.343 e. The summed E-state index contributed by atoms with van der Waals surface area (Å²) in [6, 6.07) is 13.7. The lowest BCUT2D eigenvalue weighted by Gasteiger charge is -2.26. The second-order valence-electron chi connectivity index (χ2n) is 7.69. The van der Waals surface area contributed by atoms with Crippen LogP contribution in [0.2, 0.25) is 5.02 Å². The fourth-order valence-electron chi connectivity index (χ4n) is 3.64. The van der Waals surface area contributed by atoms with E-state index < -0.39 is 15.9 Å². The summed E-state index contributed by atoms with van der Waals surface area (Å²) in [6.45, 7) is 3.53. The van der Waals surface area contributed by atoms with E-state index in [-0.39, 0.29) is 27.9 Å². The van der Waals surface area contributed by atoms with Crippen molar-refractivity contribution in [2.24, 2.45) is 0 Å². The van der Waals surface area contributed by atoms with Crippen LogP contribution in [0.4, 0.5) is 0 Å². The Labute approximate surface area is 194 Å². The van der Waals surface area contributed by atoms with E-state index in [1.165, 1.54) is 22.5 Å². The van der Waals surface area contributed by atoms with E-state index in [4.69, 9.17) is 11.6 Å². The van der Waals surface area contributed by atoms with Gasteiger partial charge in [0.25, 0.3) is 5.91 Å². The molecule has 1 saturated heterocycles. The lowest BCUT2D eigenvalue weighted by Crippen LogP contribution is -2.40. The first kappa shape index (κ1) is 24.2. The molecule has 0 bridgehead atoms. The first-order valence-electron chi connectivity index (χ1n) is 10.7. The van der Waals surface area contributed by atoms with Crippen molar-refractivity contribution in [3.63, 3.8) is 0 Å². The van der Waals surface area contributed by atoms with Gasteiger partial charge in [0.05, 0.1) is 11.6 Å². The monoisotopic (exact) mass is 477 g/mol. The maximum absolute atomic E-state index is 13.0. The summed E-state index contributed by atoms with van der Waals surface area (Å²) in [4.78, 5) is 26.8. The summed E-state index contributed by atoms with van der Waals surface area (Å²) < 4.78 is 27.4. The average molecular weight is 478 g/mol. The van der Waals surface area contributed by atoms with Crippen LogP contribution in [0.3, 0.4) is 0 Å². The van der Waals surface area contributed by atoms with Crippen LogP contribution >= 0.6 is 11.6 Å². The Balaban J connectivity index is 1.67. The summed E-state index contributed by atoms with van der Waals surface area (Å²) in [6.07, 6.45) is 2.60. The van der Waals surface area contributed by atoms with Crippen molar-refractivity contribution >= 4 is 33.4 Å². The topological polar surface area (TPSA) is 86.8 Å². The minimum atomic E-state index is -3.79. The summed E-state index contributed by atoms with van der Waals surface area (Å²) in [7, 11) is -3.79. The molecule has 1 aliphatic heterocycles. The summed E-state index contributed by atoms with van der Waals surface area (Å²) in [5.41, 5.74) is 1.14. The highest BCUT2D eigenvalue weighted by Gasteiger charge is 2.29. The van der Waals surface area contributed by atoms with E-state index in [9.17, 15) is 18.0 Å². The smallest absolute Gasteiger partial charge is 0.251 e. The molecule has 32 heavy (non-hydrogen) atoms. The number of piperidine rings is 1. The molecule has 0 saturated carbocycles. The van der Waals surface area contributed by atoms with Gasteiger partial charge in [0.2, 0.25) is 15.9 Å². The van der Waals surface area contributed by atoms with Gasteiger partial charge in [-0.05, 0) is 43.5 Å². The van der Waals surface area contributed by atoms with Crippen molar-refractivity contribution in [2.45, 2.75) is 37.6 Å². The van der Waals surface area contributed by atoms with Crippen LogP contribution in [-0.2, 0) is 21.4 Å². The molecule has 1 aliphatic rings. The van der Waals surface area contributed by atoms with Gasteiger partial charge in [-0.3, -0.25) is 9.59 Å². The molecule has 1 N–H and O–H groups in total. The highest BCUT2D eigenvalue weighted by molar-refractivity contribution is 7.89. The van der Waals surface area contributed by atoms with Crippen molar-refractivity contribution in [2.75, 3.05) is 26.2 Å². The van der Waals surface area contributed by atoms with Gasteiger partial charge in [-0.2, -0.15) is 4.31 Å². The number of benzene rings is 2. The Morgan fingerprint density at radius 2 is 1.75 bits per heavy atom. The lowest BCUT2D eigenvalue weighted by molar-refractivity contribution is -0.130. The van der Waals surface area contributed by atoms with Crippen molar-refractivity contribution in [1.82, 2.24) is 14.5 Å². The fraction of sp³-hybridized carbons (Fsp3) is 0.391. The van der Waals surface area contributed by atoms with Crippen molar-refractivity contribution in [1.29, 1.82) is 0 Å². The van der Waals surface area contributed by atoms with Gasteiger partial charge in [0.1, 0.15) is 4.90 Å². The molecule has 3 rings (SSSR count). The Morgan fingerprint density at radius 1 is 1.06 bits per heavy atom. The first-order valence-corrected chi connectivity index (χ1v) is 12.5. The van der Waals surface area contributed by atoms with Gasteiger partial charge >= 0.3 is 0 Å². The number of hydrogen-bond donors (Lipinski definition) is 1. The van der Waals surface area contributed by atoms with Crippen LogP contribution in [0.1, 0.15) is 42.1 Å². The van der Waals surface area contributed by atoms with Gasteiger partial charge in [-0.1, -0.05) is 48.4 Å². The van der Waals surface area contributed by atoms with Gasteiger partial charge in [-0.15, -0.1) is 0 Å². The van der Waals surface area contributed by atoms with E-state index in [0.717, 1.165) is 24.8 Å². The predicted molar refractivity (Wildman–Crippen MR) is 124 cm³/mol. The molecule has 172 valence electrons. The number of nitrogens with zero attached hydrogens (tertiary/aromatic N) is 2. The van der Waals surface area contributed by atoms with Crippen LogP contribution < -0.4 is 5.32 Å². The Kier molecular flexibility index (Phi) is 8.28. The maximum Gasteiger partial charge on any atom is 0.251 e. The number of halogens is 1. The molecular formula is C23H28ClN3O4S. The number of carbonyl (C=O) groups is 2. The van der Waals surface area contributed by atoms with E-state index in [1.807, 2.05) is 37.3 Å². The zero-order chi connectivity index (χ0) is 23.1. The quantitative estimate of drug-likeness (QED) is 0.632. The standard InChI is InChI=1S/C23H28ClN3O4S/c1-2-26(17-18-9-5-3-6-10-18)22(28)16-25-23(29)19-11-12-20(24)21(15-19)32(30,31)27-13-7-4-8-14-27/h3,5-6,9-12,15H,2,4,7-8,13-14,16-17H2,1H3,(H,25,29). The zero-order valence-corrected chi connectivity index (χ0v) is 19.7. The number of rotatable bonds is 8. The molecule has 0 spiro atoms. The highest BCUT2D eigenvalue weighted by Crippen LogP contribution is 2.27. The summed E-state index contributed by atoms with van der Waals surface area (Å²) in [5, 5.41) is 2.67. The maximum atomic E-state index is 13.0. The van der Waals surface area contributed by atoms with Crippen LogP contribution in [-0.4, -0.2) is 55.6 Å². The second kappa shape index (κ2) is 10.9. The highest BCUT2D eigenvalue weighted by atomic mass is 35.5. The fourth-order valence-corrected chi connectivity index (χ4v) is 5.65. The summed E-state index contributed by atoms with van der Waals surface area (Å²) >= 11 is 6.17. The third kappa shape index (κ3) is 5.88. The van der Waals surface area contributed by atoms with Gasteiger partial charge < -0.3 is 10.2 Å². The van der Waals surface area contributed by atoms with Gasteiger partial charge in [0, 0.05) is 31.7 Å².